The van der Waals surface area contributed by atoms with E-state index in [9.17, 15) is 4.79 Å². The van der Waals surface area contributed by atoms with Crippen LogP contribution in [0.2, 0.25) is 5.02 Å². The number of ether oxygens (including phenoxy) is 1. The fourth-order valence-electron chi connectivity index (χ4n) is 1.33. The number of hydrogen-bond acceptors (Lipinski definition) is 3. The van der Waals surface area contributed by atoms with Crippen molar-refractivity contribution in [3.63, 3.8) is 0 Å². The molecule has 1 aromatic carbocycles. The van der Waals surface area contributed by atoms with E-state index >= 15 is 0 Å². The molecule has 0 aliphatic carbocycles. The molecule has 0 aliphatic rings. The van der Waals surface area contributed by atoms with E-state index in [2.05, 4.69) is 0 Å². The third-order valence-electron chi connectivity index (χ3n) is 1.96. The summed E-state index contributed by atoms with van der Waals surface area (Å²) in [6, 6.07) is 5.43. The molecular weight excluding hydrogens is 220 g/mol. The normalized spacial score (nSPS) is 10.4. The molecule has 2 nitrogen and oxygen atoms in total. The van der Waals surface area contributed by atoms with Gasteiger partial charge in [0.1, 0.15) is 0 Å². The summed E-state index contributed by atoms with van der Waals surface area (Å²) in [6.45, 7) is 0. The van der Waals surface area contributed by atoms with Gasteiger partial charge in [0, 0.05) is 15.1 Å². The summed E-state index contributed by atoms with van der Waals surface area (Å²) in [7, 11) is 1.55. The summed E-state index contributed by atoms with van der Waals surface area (Å²) < 4.78 is 6.07. The summed E-state index contributed by atoms with van der Waals surface area (Å²) in [5.41, 5.74) is 0.601. The van der Waals surface area contributed by atoms with Crippen LogP contribution >= 0.6 is 22.9 Å². The molecule has 0 saturated carbocycles. The first-order valence-corrected chi connectivity index (χ1v) is 5.17. The Morgan fingerprint density at radius 3 is 2.93 bits per heavy atom. The summed E-state index contributed by atoms with van der Waals surface area (Å²) >= 11 is 7.27. The highest BCUT2D eigenvalue weighted by Crippen LogP contribution is 2.37. The maximum Gasteiger partial charge on any atom is 0.185 e. The molecule has 1 heterocycles. The lowest BCUT2D eigenvalue weighted by molar-refractivity contribution is 0.112. The van der Waals surface area contributed by atoms with Gasteiger partial charge in [0.15, 0.2) is 11.3 Å². The Kier molecular flexibility index (Phi) is 2.44. The van der Waals surface area contributed by atoms with E-state index in [0.717, 1.165) is 16.4 Å². The van der Waals surface area contributed by atoms with Crippen LogP contribution in [0.5, 0.6) is 5.06 Å². The number of methoxy groups -OCH3 is 1. The van der Waals surface area contributed by atoms with E-state index in [1.165, 1.54) is 11.3 Å². The van der Waals surface area contributed by atoms with E-state index in [0.29, 0.717) is 15.6 Å². The first-order chi connectivity index (χ1) is 6.76. The molecule has 4 heteroatoms. The van der Waals surface area contributed by atoms with Gasteiger partial charge in [0.05, 0.1) is 12.7 Å². The summed E-state index contributed by atoms with van der Waals surface area (Å²) in [6.07, 6.45) is 0.811. The zero-order chi connectivity index (χ0) is 10.1. The molecule has 0 N–H and O–H groups in total. The molecule has 2 aromatic rings. The van der Waals surface area contributed by atoms with Crippen LogP contribution in [0.3, 0.4) is 0 Å². The van der Waals surface area contributed by atoms with Crippen molar-refractivity contribution in [2.45, 2.75) is 0 Å². The molecule has 1 aromatic heterocycles. The second kappa shape index (κ2) is 3.59. The van der Waals surface area contributed by atoms with Gasteiger partial charge in [0.2, 0.25) is 0 Å². The Morgan fingerprint density at radius 1 is 1.50 bits per heavy atom. The Morgan fingerprint density at radius 2 is 2.29 bits per heavy atom. The van der Waals surface area contributed by atoms with Crippen LogP contribution in [-0.4, -0.2) is 13.4 Å². The molecule has 14 heavy (non-hydrogen) atoms. The zero-order valence-corrected chi connectivity index (χ0v) is 8.98. The number of benzene rings is 1. The van der Waals surface area contributed by atoms with Gasteiger partial charge in [-0.15, -0.1) is 0 Å². The van der Waals surface area contributed by atoms with Crippen molar-refractivity contribution in [1.82, 2.24) is 0 Å². The van der Waals surface area contributed by atoms with Gasteiger partial charge < -0.3 is 4.74 Å². The number of hydrogen-bond donors (Lipinski definition) is 0. The molecule has 0 saturated heterocycles. The number of carbonyl (C=O) groups is 1. The van der Waals surface area contributed by atoms with Crippen LogP contribution in [0, 0.1) is 0 Å². The van der Waals surface area contributed by atoms with Crippen molar-refractivity contribution in [3.8, 4) is 5.06 Å². The Hall–Kier alpha value is -1.06. The Bertz CT molecular complexity index is 490. The Labute approximate surface area is 90.1 Å². The average Bonchev–Trinajstić information content (AvgIpc) is 2.54. The van der Waals surface area contributed by atoms with Crippen LogP contribution in [0.1, 0.15) is 10.4 Å². The van der Waals surface area contributed by atoms with E-state index in [-0.39, 0.29) is 0 Å². The average molecular weight is 227 g/mol. The number of fused-ring (bicyclic) bond motifs is 1. The van der Waals surface area contributed by atoms with E-state index in [1.54, 1.807) is 13.2 Å². The van der Waals surface area contributed by atoms with Gasteiger partial charge in [-0.05, 0) is 12.1 Å². The van der Waals surface area contributed by atoms with Crippen LogP contribution in [0.25, 0.3) is 10.1 Å². The molecule has 0 aliphatic heterocycles. The van der Waals surface area contributed by atoms with Gasteiger partial charge >= 0.3 is 0 Å². The van der Waals surface area contributed by atoms with Gasteiger partial charge in [-0.25, -0.2) is 0 Å². The molecule has 0 amide bonds. The number of rotatable bonds is 2. The first-order valence-electron chi connectivity index (χ1n) is 3.97. The van der Waals surface area contributed by atoms with Crippen LogP contribution < -0.4 is 4.74 Å². The number of thiophene rings is 1. The van der Waals surface area contributed by atoms with Crippen molar-refractivity contribution < 1.29 is 9.53 Å². The summed E-state index contributed by atoms with van der Waals surface area (Å²) in [4.78, 5) is 10.8. The molecule has 72 valence electrons. The predicted molar refractivity (Wildman–Crippen MR) is 58.8 cm³/mol. The summed E-state index contributed by atoms with van der Waals surface area (Å²) in [5, 5.41) is 2.20. The molecule has 0 radical (unpaired) electrons. The van der Waals surface area contributed by atoms with Gasteiger partial charge in [0.25, 0.3) is 0 Å². The molecule has 2 rings (SSSR count). The number of halogens is 1. The second-order valence-corrected chi connectivity index (χ2v) is 4.22. The van der Waals surface area contributed by atoms with Gasteiger partial charge in [-0.2, -0.15) is 0 Å². The maximum absolute atomic E-state index is 10.8. The van der Waals surface area contributed by atoms with Crippen molar-refractivity contribution in [2.75, 3.05) is 7.11 Å². The lowest BCUT2D eigenvalue weighted by Crippen LogP contribution is -1.83. The van der Waals surface area contributed by atoms with E-state index < -0.39 is 0 Å². The van der Waals surface area contributed by atoms with Crippen molar-refractivity contribution >= 4 is 39.3 Å². The largest absolute Gasteiger partial charge is 0.487 e. The Balaban J connectivity index is 2.79. The molecular formula is C10H7ClO2S. The third kappa shape index (κ3) is 1.38. The first kappa shape index (κ1) is 9.49. The fourth-order valence-corrected chi connectivity index (χ4v) is 2.59. The topological polar surface area (TPSA) is 26.3 Å². The third-order valence-corrected chi connectivity index (χ3v) is 3.32. The standard InChI is InChI=1S/C10H7ClO2S/c1-13-10-8(5-12)7-3-2-6(11)4-9(7)14-10/h2-5H,1H3. The predicted octanol–water partition coefficient (Wildman–Crippen LogP) is 3.38. The lowest BCUT2D eigenvalue weighted by Gasteiger charge is -1.93. The van der Waals surface area contributed by atoms with Crippen molar-refractivity contribution in [1.29, 1.82) is 0 Å². The minimum atomic E-state index is 0.601. The zero-order valence-electron chi connectivity index (χ0n) is 7.41. The van der Waals surface area contributed by atoms with E-state index in [1.807, 2.05) is 12.1 Å². The molecule has 0 unspecified atom stereocenters. The lowest BCUT2D eigenvalue weighted by atomic mass is 10.2. The molecule has 0 bridgehead atoms. The monoisotopic (exact) mass is 226 g/mol. The number of aldehydes is 1. The minimum absolute atomic E-state index is 0.601. The van der Waals surface area contributed by atoms with E-state index in [4.69, 9.17) is 16.3 Å². The van der Waals surface area contributed by atoms with Crippen molar-refractivity contribution in [3.05, 3.63) is 28.8 Å². The SMILES string of the molecule is COc1sc2cc(Cl)ccc2c1C=O. The summed E-state index contributed by atoms with van der Waals surface area (Å²) in [5.74, 6) is 0. The molecule has 0 spiro atoms. The van der Waals surface area contributed by atoms with Crippen LogP contribution in [0.4, 0.5) is 0 Å². The van der Waals surface area contributed by atoms with Crippen LogP contribution in [-0.2, 0) is 0 Å². The quantitative estimate of drug-likeness (QED) is 0.734. The van der Waals surface area contributed by atoms with Gasteiger partial charge in [-0.1, -0.05) is 29.0 Å². The fraction of sp³-hybridized carbons (Fsp3) is 0.100. The highest BCUT2D eigenvalue weighted by atomic mass is 35.5. The van der Waals surface area contributed by atoms with Crippen LogP contribution in [0.15, 0.2) is 18.2 Å². The number of carbonyl (C=O) groups excluding carboxylic acids is 1. The maximum atomic E-state index is 10.8. The second-order valence-electron chi connectivity index (χ2n) is 2.77. The minimum Gasteiger partial charge on any atom is -0.487 e. The molecule has 0 atom stereocenters. The molecule has 0 fully saturated rings. The smallest absolute Gasteiger partial charge is 0.185 e. The van der Waals surface area contributed by atoms with Crippen molar-refractivity contribution in [2.24, 2.45) is 0 Å². The highest BCUT2D eigenvalue weighted by molar-refractivity contribution is 7.21. The highest BCUT2D eigenvalue weighted by Gasteiger charge is 2.11. The van der Waals surface area contributed by atoms with Gasteiger partial charge in [-0.3, -0.25) is 4.79 Å².